The fourth-order valence-electron chi connectivity index (χ4n) is 4.13. The lowest BCUT2D eigenvalue weighted by molar-refractivity contribution is 0.0989. The van der Waals surface area contributed by atoms with Crippen LogP contribution in [0.5, 0.6) is 0 Å². The predicted molar refractivity (Wildman–Crippen MR) is 120 cm³/mol. The van der Waals surface area contributed by atoms with Crippen molar-refractivity contribution in [2.24, 2.45) is 18.7 Å². The topological polar surface area (TPSA) is 90.0 Å². The standard InChI is InChI=1S/C23H26N4O2S/c1-4-14-9-10-15-19(11-14)30-21(17-12-18(22(24)28)27(3)26-17)20(15)23(29)25-16-8-6-5-7-13(16)2/h5-8,12,14H,4,9-11H2,1-3H3,(H2,24,28)(H,25,29). The van der Waals surface area contributed by atoms with E-state index in [1.165, 1.54) is 9.56 Å². The van der Waals surface area contributed by atoms with E-state index in [-0.39, 0.29) is 5.91 Å². The maximum absolute atomic E-state index is 13.4. The van der Waals surface area contributed by atoms with Crippen LogP contribution in [0.1, 0.15) is 56.6 Å². The van der Waals surface area contributed by atoms with E-state index < -0.39 is 5.91 Å². The summed E-state index contributed by atoms with van der Waals surface area (Å²) in [5.41, 5.74) is 10.0. The van der Waals surface area contributed by atoms with Gasteiger partial charge in [0.25, 0.3) is 11.8 Å². The molecule has 156 valence electrons. The molecule has 4 rings (SSSR count). The highest BCUT2D eigenvalue weighted by molar-refractivity contribution is 7.16. The molecule has 0 fully saturated rings. The van der Waals surface area contributed by atoms with E-state index in [0.29, 0.717) is 22.9 Å². The fourth-order valence-corrected chi connectivity index (χ4v) is 5.55. The summed E-state index contributed by atoms with van der Waals surface area (Å²) in [6, 6.07) is 9.43. The summed E-state index contributed by atoms with van der Waals surface area (Å²) >= 11 is 1.62. The average Bonchev–Trinajstić information content (AvgIpc) is 3.29. The minimum absolute atomic E-state index is 0.127. The van der Waals surface area contributed by atoms with E-state index >= 15 is 0 Å². The minimum atomic E-state index is -0.533. The first-order chi connectivity index (χ1) is 14.4. The molecule has 1 aliphatic carbocycles. The molecule has 0 saturated carbocycles. The predicted octanol–water partition coefficient (Wildman–Crippen LogP) is 4.32. The lowest BCUT2D eigenvalue weighted by Crippen LogP contribution is -2.18. The maximum atomic E-state index is 13.4. The van der Waals surface area contributed by atoms with Gasteiger partial charge in [-0.05, 0) is 55.4 Å². The molecule has 30 heavy (non-hydrogen) atoms. The highest BCUT2D eigenvalue weighted by Gasteiger charge is 2.30. The Morgan fingerprint density at radius 2 is 2.10 bits per heavy atom. The van der Waals surface area contributed by atoms with Gasteiger partial charge in [0.2, 0.25) is 0 Å². The van der Waals surface area contributed by atoms with Crippen molar-refractivity contribution in [2.45, 2.75) is 39.5 Å². The molecule has 0 bridgehead atoms. The van der Waals surface area contributed by atoms with Crippen LogP contribution < -0.4 is 11.1 Å². The Labute approximate surface area is 180 Å². The number of aryl methyl sites for hydroxylation is 2. The van der Waals surface area contributed by atoms with Gasteiger partial charge in [0, 0.05) is 17.6 Å². The Morgan fingerprint density at radius 3 is 2.77 bits per heavy atom. The summed E-state index contributed by atoms with van der Waals surface area (Å²) in [5, 5.41) is 7.58. The van der Waals surface area contributed by atoms with Crippen LogP contribution in [-0.2, 0) is 19.9 Å². The van der Waals surface area contributed by atoms with Crippen LogP contribution in [0.3, 0.4) is 0 Å². The van der Waals surface area contributed by atoms with Gasteiger partial charge in [-0.1, -0.05) is 31.5 Å². The number of nitrogens with one attached hydrogen (secondary N) is 1. The number of fused-ring (bicyclic) bond motifs is 1. The van der Waals surface area contributed by atoms with Crippen molar-refractivity contribution in [3.63, 3.8) is 0 Å². The Kier molecular flexibility index (Phi) is 5.47. The molecule has 1 atom stereocenters. The van der Waals surface area contributed by atoms with Gasteiger partial charge in [0.05, 0.1) is 10.4 Å². The molecular weight excluding hydrogens is 396 g/mol. The number of primary amides is 1. The number of amides is 2. The van der Waals surface area contributed by atoms with Gasteiger partial charge in [-0.25, -0.2) is 0 Å². The molecular formula is C23H26N4O2S. The number of thiophene rings is 1. The first-order valence-electron chi connectivity index (χ1n) is 10.2. The first-order valence-corrected chi connectivity index (χ1v) is 11.1. The zero-order valence-corrected chi connectivity index (χ0v) is 18.3. The number of benzene rings is 1. The van der Waals surface area contributed by atoms with Crippen LogP contribution >= 0.6 is 11.3 Å². The van der Waals surface area contributed by atoms with Crippen molar-refractivity contribution < 1.29 is 9.59 Å². The van der Waals surface area contributed by atoms with Crippen LogP contribution in [0.15, 0.2) is 30.3 Å². The number of carbonyl (C=O) groups excluding carboxylic acids is 2. The van der Waals surface area contributed by atoms with Gasteiger partial charge in [0.15, 0.2) is 0 Å². The van der Waals surface area contributed by atoms with Crippen molar-refractivity contribution in [2.75, 3.05) is 5.32 Å². The second-order valence-electron chi connectivity index (χ2n) is 7.90. The largest absolute Gasteiger partial charge is 0.364 e. The van der Waals surface area contributed by atoms with Gasteiger partial charge in [-0.2, -0.15) is 5.10 Å². The summed E-state index contributed by atoms with van der Waals surface area (Å²) in [5.74, 6) is -0.0197. The van der Waals surface area contributed by atoms with E-state index in [1.54, 1.807) is 24.5 Å². The molecule has 2 amide bonds. The number of carbonyl (C=O) groups is 2. The number of anilines is 1. The minimum Gasteiger partial charge on any atom is -0.364 e. The van der Waals surface area contributed by atoms with Gasteiger partial charge in [0.1, 0.15) is 11.4 Å². The first kappa shape index (κ1) is 20.3. The average molecular weight is 423 g/mol. The number of rotatable bonds is 5. The third-order valence-electron chi connectivity index (χ3n) is 5.93. The van der Waals surface area contributed by atoms with Crippen LogP contribution in [0.2, 0.25) is 0 Å². The number of hydrogen-bond donors (Lipinski definition) is 2. The van der Waals surface area contributed by atoms with Crippen molar-refractivity contribution >= 4 is 28.8 Å². The van der Waals surface area contributed by atoms with Crippen molar-refractivity contribution in [3.8, 4) is 10.6 Å². The number of hydrogen-bond acceptors (Lipinski definition) is 4. The molecule has 1 aliphatic rings. The zero-order chi connectivity index (χ0) is 21.4. The molecule has 3 N–H and O–H groups in total. The molecule has 0 radical (unpaired) electrons. The highest BCUT2D eigenvalue weighted by Crippen LogP contribution is 2.42. The van der Waals surface area contributed by atoms with E-state index in [9.17, 15) is 9.59 Å². The molecule has 1 unspecified atom stereocenters. The number of nitrogens with zero attached hydrogens (tertiary/aromatic N) is 2. The SMILES string of the molecule is CCC1CCc2c(sc(-c3cc(C(N)=O)n(C)n3)c2C(=O)Nc2ccccc2C)C1. The van der Waals surface area contributed by atoms with Gasteiger partial charge in [-0.15, -0.1) is 11.3 Å². The fraction of sp³-hybridized carbons (Fsp3) is 0.348. The Morgan fingerprint density at radius 1 is 1.33 bits per heavy atom. The molecule has 6 nitrogen and oxygen atoms in total. The summed E-state index contributed by atoms with van der Waals surface area (Å²) in [6.07, 6.45) is 4.08. The van der Waals surface area contributed by atoms with Crippen LogP contribution in [-0.4, -0.2) is 21.6 Å². The quantitative estimate of drug-likeness (QED) is 0.641. The second kappa shape index (κ2) is 8.07. The van der Waals surface area contributed by atoms with E-state index in [4.69, 9.17) is 5.73 Å². The van der Waals surface area contributed by atoms with Crippen LogP contribution in [0.4, 0.5) is 5.69 Å². The molecule has 2 heterocycles. The summed E-state index contributed by atoms with van der Waals surface area (Å²) in [4.78, 5) is 27.2. The third kappa shape index (κ3) is 3.65. The molecule has 0 saturated heterocycles. The highest BCUT2D eigenvalue weighted by atomic mass is 32.1. The van der Waals surface area contributed by atoms with Crippen molar-refractivity contribution in [1.82, 2.24) is 9.78 Å². The normalized spacial score (nSPS) is 15.6. The lowest BCUT2D eigenvalue weighted by atomic mass is 9.85. The van der Waals surface area contributed by atoms with Gasteiger partial charge in [-0.3, -0.25) is 14.3 Å². The summed E-state index contributed by atoms with van der Waals surface area (Å²) in [7, 11) is 1.69. The molecule has 3 aromatic rings. The third-order valence-corrected chi connectivity index (χ3v) is 7.21. The monoisotopic (exact) mass is 422 g/mol. The molecule has 7 heteroatoms. The number of nitrogens with two attached hydrogens (primary N) is 1. The van der Waals surface area contributed by atoms with Crippen LogP contribution in [0, 0.1) is 12.8 Å². The van der Waals surface area contributed by atoms with E-state index in [1.807, 2.05) is 31.2 Å². The lowest BCUT2D eigenvalue weighted by Gasteiger charge is -2.21. The molecule has 2 aromatic heterocycles. The molecule has 1 aromatic carbocycles. The van der Waals surface area contributed by atoms with E-state index in [0.717, 1.165) is 47.4 Å². The Balaban J connectivity index is 1.81. The number of aromatic nitrogens is 2. The summed E-state index contributed by atoms with van der Waals surface area (Å²) < 4.78 is 1.48. The van der Waals surface area contributed by atoms with E-state index in [2.05, 4.69) is 17.3 Å². The van der Waals surface area contributed by atoms with Crippen LogP contribution in [0.25, 0.3) is 10.6 Å². The zero-order valence-electron chi connectivity index (χ0n) is 17.5. The Bertz CT molecular complexity index is 1130. The molecule has 0 spiro atoms. The molecule has 0 aliphatic heterocycles. The van der Waals surface area contributed by atoms with Crippen molar-refractivity contribution in [1.29, 1.82) is 0 Å². The maximum Gasteiger partial charge on any atom is 0.266 e. The summed E-state index contributed by atoms with van der Waals surface area (Å²) in [6.45, 7) is 4.19. The second-order valence-corrected chi connectivity index (χ2v) is 9.00. The Hall–Kier alpha value is -2.93. The van der Waals surface area contributed by atoms with Crippen molar-refractivity contribution in [3.05, 3.63) is 57.6 Å². The number of para-hydroxylation sites is 1. The van der Waals surface area contributed by atoms with Gasteiger partial charge < -0.3 is 11.1 Å². The smallest absolute Gasteiger partial charge is 0.266 e. The van der Waals surface area contributed by atoms with Gasteiger partial charge >= 0.3 is 0 Å².